The van der Waals surface area contributed by atoms with Gasteiger partial charge in [0.15, 0.2) is 0 Å². The summed E-state index contributed by atoms with van der Waals surface area (Å²) in [6.45, 7) is 6.64. The molecule has 0 spiro atoms. The molecule has 1 amide bonds. The van der Waals surface area contributed by atoms with Crippen LogP contribution < -0.4 is 10.6 Å². The van der Waals surface area contributed by atoms with Crippen LogP contribution in [-0.2, 0) is 11.2 Å². The highest BCUT2D eigenvalue weighted by molar-refractivity contribution is 7.11. The van der Waals surface area contributed by atoms with E-state index >= 15 is 0 Å². The van der Waals surface area contributed by atoms with Crippen LogP contribution in [0.3, 0.4) is 0 Å². The number of carbonyl (C=O) groups excluding carboxylic acids is 1. The lowest BCUT2D eigenvalue weighted by atomic mass is 9.99. The minimum absolute atomic E-state index is 0. The molecule has 1 saturated heterocycles. The van der Waals surface area contributed by atoms with Crippen LogP contribution in [0.5, 0.6) is 0 Å². The first-order valence-electron chi connectivity index (χ1n) is 6.58. The Morgan fingerprint density at radius 2 is 2.20 bits per heavy atom. The molecule has 2 rings (SSSR count). The third kappa shape index (κ3) is 5.56. The summed E-state index contributed by atoms with van der Waals surface area (Å²) in [5.41, 5.74) is 1.10. The molecule has 1 fully saturated rings. The van der Waals surface area contributed by atoms with E-state index in [1.807, 2.05) is 13.8 Å². The summed E-state index contributed by atoms with van der Waals surface area (Å²) in [5.74, 6) is 0.351. The van der Waals surface area contributed by atoms with Crippen LogP contribution in [0.2, 0.25) is 0 Å². The van der Waals surface area contributed by atoms with E-state index in [0.717, 1.165) is 49.6 Å². The summed E-state index contributed by atoms with van der Waals surface area (Å²) in [5, 5.41) is 7.41. The first-order valence-corrected chi connectivity index (χ1v) is 7.40. The second-order valence-corrected chi connectivity index (χ2v) is 6.11. The van der Waals surface area contributed by atoms with Crippen molar-refractivity contribution >= 4 is 42.1 Å². The maximum atomic E-state index is 11.9. The van der Waals surface area contributed by atoms with Crippen LogP contribution in [0, 0.1) is 19.8 Å². The molecule has 2 heterocycles. The molecule has 0 aromatic carbocycles. The third-order valence-corrected chi connectivity index (χ3v) is 4.45. The Morgan fingerprint density at radius 3 is 2.75 bits per heavy atom. The van der Waals surface area contributed by atoms with Gasteiger partial charge < -0.3 is 10.6 Å². The van der Waals surface area contributed by atoms with Gasteiger partial charge in [0, 0.05) is 24.4 Å². The summed E-state index contributed by atoms with van der Waals surface area (Å²) in [6, 6.07) is 0. The Kier molecular flexibility index (Phi) is 9.38. The summed E-state index contributed by atoms with van der Waals surface area (Å²) < 4.78 is 0. The second-order valence-electron chi connectivity index (χ2n) is 4.83. The molecule has 7 heteroatoms. The van der Waals surface area contributed by atoms with Crippen LogP contribution in [-0.4, -0.2) is 30.5 Å². The van der Waals surface area contributed by atoms with Gasteiger partial charge in [-0.25, -0.2) is 4.98 Å². The van der Waals surface area contributed by atoms with Crippen LogP contribution >= 0.6 is 36.2 Å². The Hall–Kier alpha value is -0.360. The molecule has 1 aliphatic rings. The Bertz CT molecular complexity index is 420. The Balaban J connectivity index is 0.00000180. The van der Waals surface area contributed by atoms with Gasteiger partial charge in [0.2, 0.25) is 5.91 Å². The van der Waals surface area contributed by atoms with Crippen LogP contribution in [0.1, 0.15) is 28.4 Å². The quantitative estimate of drug-likeness (QED) is 0.884. The predicted molar refractivity (Wildman–Crippen MR) is 88.4 cm³/mol. The minimum Gasteiger partial charge on any atom is -0.355 e. The molecule has 1 aromatic rings. The normalized spacial score (nSPS) is 17.8. The number of halogens is 2. The van der Waals surface area contributed by atoms with Crippen LogP contribution in [0.4, 0.5) is 0 Å². The highest BCUT2D eigenvalue weighted by Gasteiger charge is 2.20. The van der Waals surface area contributed by atoms with E-state index in [1.54, 1.807) is 11.3 Å². The zero-order chi connectivity index (χ0) is 13.0. The lowest BCUT2D eigenvalue weighted by molar-refractivity contribution is -0.125. The molecular weight excluding hydrogens is 317 g/mol. The number of hydrogen-bond acceptors (Lipinski definition) is 4. The van der Waals surface area contributed by atoms with Crippen molar-refractivity contribution in [1.82, 2.24) is 15.6 Å². The Morgan fingerprint density at radius 1 is 1.45 bits per heavy atom. The number of rotatable bonds is 4. The van der Waals surface area contributed by atoms with Gasteiger partial charge in [-0.2, -0.15) is 0 Å². The minimum atomic E-state index is 0. The first-order chi connectivity index (χ1) is 8.66. The van der Waals surface area contributed by atoms with E-state index in [9.17, 15) is 4.79 Å². The van der Waals surface area contributed by atoms with Crippen molar-refractivity contribution < 1.29 is 4.79 Å². The zero-order valence-electron chi connectivity index (χ0n) is 11.9. The van der Waals surface area contributed by atoms with Crippen molar-refractivity contribution in [3.05, 3.63) is 15.6 Å². The second kappa shape index (κ2) is 9.55. The van der Waals surface area contributed by atoms with E-state index in [-0.39, 0.29) is 36.6 Å². The smallest absolute Gasteiger partial charge is 0.224 e. The molecule has 116 valence electrons. The Labute approximate surface area is 137 Å². The number of thiazole rings is 1. The van der Waals surface area contributed by atoms with Crippen molar-refractivity contribution in [1.29, 1.82) is 0 Å². The topological polar surface area (TPSA) is 54.0 Å². The molecule has 0 aliphatic carbocycles. The van der Waals surface area contributed by atoms with Crippen molar-refractivity contribution in [2.45, 2.75) is 33.1 Å². The molecule has 4 nitrogen and oxygen atoms in total. The lowest BCUT2D eigenvalue weighted by Gasteiger charge is -2.21. The highest BCUT2D eigenvalue weighted by atomic mass is 35.5. The number of nitrogens with zero attached hydrogens (tertiary/aromatic N) is 1. The molecule has 1 aromatic heterocycles. The SMILES string of the molecule is Cc1nc(C)c(CCNC(=O)C2CCCNC2)s1.Cl.Cl. The average Bonchev–Trinajstić information content (AvgIpc) is 2.69. The molecule has 1 aliphatic heterocycles. The van der Waals surface area contributed by atoms with Crippen LogP contribution in [0.15, 0.2) is 0 Å². The molecular formula is C13H23Cl2N3OS. The van der Waals surface area contributed by atoms with Gasteiger partial charge in [0.1, 0.15) is 0 Å². The average molecular weight is 340 g/mol. The maximum absolute atomic E-state index is 11.9. The number of carbonyl (C=O) groups is 1. The highest BCUT2D eigenvalue weighted by Crippen LogP contribution is 2.17. The van der Waals surface area contributed by atoms with Gasteiger partial charge in [-0.05, 0) is 33.2 Å². The van der Waals surface area contributed by atoms with Crippen LogP contribution in [0.25, 0.3) is 0 Å². The molecule has 1 atom stereocenters. The van der Waals surface area contributed by atoms with Gasteiger partial charge in [-0.15, -0.1) is 36.2 Å². The molecule has 0 saturated carbocycles. The largest absolute Gasteiger partial charge is 0.355 e. The zero-order valence-corrected chi connectivity index (χ0v) is 14.3. The standard InChI is InChI=1S/C13H21N3OS.2ClH/c1-9-12(18-10(2)16-9)5-7-15-13(17)11-4-3-6-14-8-11;;/h11,14H,3-8H2,1-2H3,(H,15,17);2*1H. The summed E-state index contributed by atoms with van der Waals surface area (Å²) in [4.78, 5) is 17.6. The fourth-order valence-corrected chi connectivity index (χ4v) is 3.26. The molecule has 20 heavy (non-hydrogen) atoms. The fraction of sp³-hybridized carbons (Fsp3) is 0.692. The van der Waals surface area contributed by atoms with Gasteiger partial charge >= 0.3 is 0 Å². The van der Waals surface area contributed by atoms with Gasteiger partial charge in [-0.1, -0.05) is 0 Å². The van der Waals surface area contributed by atoms with Gasteiger partial charge in [-0.3, -0.25) is 4.79 Å². The third-order valence-electron chi connectivity index (χ3n) is 3.32. The molecule has 0 radical (unpaired) electrons. The molecule has 1 unspecified atom stereocenters. The van der Waals surface area contributed by atoms with Crippen molar-refractivity contribution in [2.75, 3.05) is 19.6 Å². The number of nitrogens with one attached hydrogen (secondary N) is 2. The maximum Gasteiger partial charge on any atom is 0.224 e. The molecule has 0 bridgehead atoms. The van der Waals surface area contributed by atoms with Gasteiger partial charge in [0.25, 0.3) is 0 Å². The van der Waals surface area contributed by atoms with Crippen molar-refractivity contribution in [2.24, 2.45) is 5.92 Å². The monoisotopic (exact) mass is 339 g/mol. The number of piperidine rings is 1. The number of hydrogen-bond donors (Lipinski definition) is 2. The van der Waals surface area contributed by atoms with Gasteiger partial charge in [0.05, 0.1) is 16.6 Å². The van der Waals surface area contributed by atoms with E-state index in [1.165, 1.54) is 4.88 Å². The first kappa shape index (κ1) is 19.6. The number of aromatic nitrogens is 1. The van der Waals surface area contributed by atoms with E-state index in [0.29, 0.717) is 0 Å². The number of amides is 1. The predicted octanol–water partition coefficient (Wildman–Crippen LogP) is 2.26. The van der Waals surface area contributed by atoms with E-state index in [4.69, 9.17) is 0 Å². The summed E-state index contributed by atoms with van der Waals surface area (Å²) in [7, 11) is 0. The number of aryl methyl sites for hydroxylation is 2. The van der Waals surface area contributed by atoms with E-state index in [2.05, 4.69) is 15.6 Å². The van der Waals surface area contributed by atoms with Crippen molar-refractivity contribution in [3.8, 4) is 0 Å². The summed E-state index contributed by atoms with van der Waals surface area (Å²) >= 11 is 1.73. The molecule has 2 N–H and O–H groups in total. The fourth-order valence-electron chi connectivity index (χ4n) is 2.32. The lowest BCUT2D eigenvalue weighted by Crippen LogP contribution is -2.41. The summed E-state index contributed by atoms with van der Waals surface area (Å²) in [6.07, 6.45) is 3.01. The van der Waals surface area contributed by atoms with Crippen molar-refractivity contribution in [3.63, 3.8) is 0 Å². The van der Waals surface area contributed by atoms with E-state index < -0.39 is 0 Å².